The minimum absolute atomic E-state index is 0.182. The number of nitrogens with one attached hydrogen (secondary N) is 1. The van der Waals surface area contributed by atoms with Crippen molar-refractivity contribution < 1.29 is 39.8 Å². The number of unbranched alkanes of at least 4 members (excludes halogenated alkanes) is 37. The molecule has 0 bridgehead atoms. The van der Waals surface area contributed by atoms with Gasteiger partial charge in [0.25, 0.3) is 0 Å². The molecule has 0 spiro atoms. The Labute approximate surface area is 407 Å². The average molecular weight is 936 g/mol. The summed E-state index contributed by atoms with van der Waals surface area (Å²) in [5, 5.41) is 54.3. The lowest BCUT2D eigenvalue weighted by atomic mass is 9.99. The predicted octanol–water partition coefficient (Wildman–Crippen LogP) is 13.8. The lowest BCUT2D eigenvalue weighted by Crippen LogP contribution is -2.60. The lowest BCUT2D eigenvalue weighted by Gasteiger charge is -2.40. The van der Waals surface area contributed by atoms with Gasteiger partial charge in [0.05, 0.1) is 25.4 Å². The van der Waals surface area contributed by atoms with E-state index in [-0.39, 0.29) is 12.5 Å². The zero-order valence-electron chi connectivity index (χ0n) is 43.2. The average Bonchev–Trinajstić information content (AvgIpc) is 3.32. The van der Waals surface area contributed by atoms with Crippen LogP contribution in [0.3, 0.4) is 0 Å². The van der Waals surface area contributed by atoms with Crippen molar-refractivity contribution >= 4 is 5.91 Å². The zero-order chi connectivity index (χ0) is 48.0. The van der Waals surface area contributed by atoms with Gasteiger partial charge in [-0.1, -0.05) is 263 Å². The van der Waals surface area contributed by atoms with Crippen LogP contribution in [0, 0.1) is 0 Å². The SMILES string of the molecule is CCCCCCCCC/C=C/CC/C=C/C(O)C(COC1OC(CO)C(O)C(O)C1O)NC(=O)CCCCCCCCCCCCCCCCCCCCCCCCCCCCCCCC. The van der Waals surface area contributed by atoms with Gasteiger partial charge in [0.15, 0.2) is 6.29 Å². The summed E-state index contributed by atoms with van der Waals surface area (Å²) in [4.78, 5) is 13.0. The van der Waals surface area contributed by atoms with E-state index < -0.39 is 49.5 Å². The Balaban J connectivity index is 2.13. The van der Waals surface area contributed by atoms with Crippen LogP contribution in [0.4, 0.5) is 0 Å². The number of allylic oxidation sites excluding steroid dienone is 3. The third kappa shape index (κ3) is 36.6. The topological polar surface area (TPSA) is 149 Å². The minimum atomic E-state index is -1.57. The van der Waals surface area contributed by atoms with Gasteiger partial charge in [0.1, 0.15) is 24.4 Å². The molecule has 0 aromatic carbocycles. The maximum Gasteiger partial charge on any atom is 0.220 e. The smallest absolute Gasteiger partial charge is 0.220 e. The number of rotatable bonds is 49. The van der Waals surface area contributed by atoms with Crippen LogP contribution in [-0.2, 0) is 14.3 Å². The first-order chi connectivity index (χ1) is 32.3. The van der Waals surface area contributed by atoms with Crippen LogP contribution in [0.15, 0.2) is 24.3 Å². The van der Waals surface area contributed by atoms with Gasteiger partial charge in [-0.25, -0.2) is 0 Å². The molecule has 7 atom stereocenters. The van der Waals surface area contributed by atoms with Crippen molar-refractivity contribution in [2.75, 3.05) is 13.2 Å². The third-order valence-corrected chi connectivity index (χ3v) is 13.8. The molecule has 0 radical (unpaired) electrons. The van der Waals surface area contributed by atoms with Gasteiger partial charge in [-0.2, -0.15) is 0 Å². The van der Waals surface area contributed by atoms with E-state index in [1.807, 2.05) is 6.08 Å². The molecule has 0 aromatic rings. The zero-order valence-corrected chi connectivity index (χ0v) is 43.2. The van der Waals surface area contributed by atoms with Crippen molar-refractivity contribution in [3.05, 3.63) is 24.3 Å². The highest BCUT2D eigenvalue weighted by Crippen LogP contribution is 2.23. The number of hydrogen-bond donors (Lipinski definition) is 6. The van der Waals surface area contributed by atoms with Crippen LogP contribution < -0.4 is 5.32 Å². The molecule has 1 rings (SSSR count). The molecular weight excluding hydrogens is 827 g/mol. The van der Waals surface area contributed by atoms with Crippen molar-refractivity contribution in [1.29, 1.82) is 0 Å². The van der Waals surface area contributed by atoms with Crippen LogP contribution >= 0.6 is 0 Å². The Kier molecular flexibility index (Phi) is 45.0. The van der Waals surface area contributed by atoms with Crippen LogP contribution in [0.25, 0.3) is 0 Å². The number of carbonyl (C=O) groups excluding carboxylic acids is 1. The summed E-state index contributed by atoms with van der Waals surface area (Å²) >= 11 is 0. The van der Waals surface area contributed by atoms with Crippen molar-refractivity contribution in [3.63, 3.8) is 0 Å². The van der Waals surface area contributed by atoms with Crippen molar-refractivity contribution in [2.45, 2.75) is 320 Å². The number of carbonyl (C=O) groups is 1. The molecule has 1 fully saturated rings. The van der Waals surface area contributed by atoms with Gasteiger partial charge in [0, 0.05) is 6.42 Å². The van der Waals surface area contributed by atoms with Crippen LogP contribution in [-0.4, -0.2) is 87.5 Å². The van der Waals surface area contributed by atoms with Crippen molar-refractivity contribution in [1.82, 2.24) is 5.32 Å². The summed E-state index contributed by atoms with van der Waals surface area (Å²) in [6.07, 6.45) is 52.7. The molecule has 7 unspecified atom stereocenters. The first kappa shape index (κ1) is 62.7. The van der Waals surface area contributed by atoms with Gasteiger partial charge < -0.3 is 40.3 Å². The lowest BCUT2D eigenvalue weighted by molar-refractivity contribution is -0.302. The second-order valence-corrected chi connectivity index (χ2v) is 20.1. The normalized spacial score (nSPS) is 19.9. The van der Waals surface area contributed by atoms with E-state index in [2.05, 4.69) is 31.3 Å². The summed E-state index contributed by atoms with van der Waals surface area (Å²) in [5.41, 5.74) is 0. The number of ether oxygens (including phenoxy) is 2. The molecule has 1 aliphatic rings. The second kappa shape index (κ2) is 47.4. The number of hydrogen-bond acceptors (Lipinski definition) is 8. The van der Waals surface area contributed by atoms with Crippen molar-refractivity contribution in [2.24, 2.45) is 0 Å². The molecule has 9 nitrogen and oxygen atoms in total. The quantitative estimate of drug-likeness (QED) is 0.0261. The molecule has 66 heavy (non-hydrogen) atoms. The summed E-state index contributed by atoms with van der Waals surface area (Å²) in [6.45, 7) is 3.77. The Morgan fingerprint density at radius 2 is 0.864 bits per heavy atom. The molecule has 1 heterocycles. The Bertz CT molecular complexity index is 1090. The maximum atomic E-state index is 13.0. The largest absolute Gasteiger partial charge is 0.394 e. The molecule has 6 N–H and O–H groups in total. The monoisotopic (exact) mass is 936 g/mol. The number of amides is 1. The van der Waals surface area contributed by atoms with E-state index in [0.29, 0.717) is 6.42 Å². The van der Waals surface area contributed by atoms with Crippen LogP contribution in [0.5, 0.6) is 0 Å². The summed E-state index contributed by atoms with van der Waals surface area (Å²) in [7, 11) is 0. The summed E-state index contributed by atoms with van der Waals surface area (Å²) in [5.74, 6) is -0.182. The first-order valence-electron chi connectivity index (χ1n) is 28.6. The Hall–Kier alpha value is -1.33. The van der Waals surface area contributed by atoms with E-state index in [9.17, 15) is 30.3 Å². The maximum absolute atomic E-state index is 13.0. The molecule has 0 aliphatic carbocycles. The van der Waals surface area contributed by atoms with E-state index in [1.165, 1.54) is 218 Å². The van der Waals surface area contributed by atoms with E-state index in [0.717, 1.165) is 38.5 Å². The molecule has 1 saturated heterocycles. The predicted molar refractivity (Wildman–Crippen MR) is 277 cm³/mol. The van der Waals surface area contributed by atoms with Crippen molar-refractivity contribution in [3.8, 4) is 0 Å². The molecule has 0 aromatic heterocycles. The molecule has 1 amide bonds. The number of aliphatic hydroxyl groups excluding tert-OH is 5. The van der Waals surface area contributed by atoms with E-state index in [1.54, 1.807) is 6.08 Å². The van der Waals surface area contributed by atoms with Gasteiger partial charge >= 0.3 is 0 Å². The first-order valence-corrected chi connectivity index (χ1v) is 28.6. The fourth-order valence-corrected chi connectivity index (χ4v) is 9.23. The number of aliphatic hydroxyl groups is 5. The molecule has 390 valence electrons. The third-order valence-electron chi connectivity index (χ3n) is 13.8. The summed E-state index contributed by atoms with van der Waals surface area (Å²) < 4.78 is 11.2. The standard InChI is InChI=1S/C57H109NO8/c1-3-5-7-9-11-13-15-17-18-19-20-21-22-23-24-25-26-27-28-29-30-31-32-33-35-37-39-41-43-45-47-53(61)58-50(49-65-57-56(64)55(63)54(62)52(48-59)66-57)51(60)46-44-42-40-38-36-34-16-14-12-10-8-6-4-2/h36,38,44,46,50-52,54-57,59-60,62-64H,3-35,37,39-43,45,47-49H2,1-2H3,(H,58,61)/b38-36+,46-44+. The fourth-order valence-electron chi connectivity index (χ4n) is 9.23. The van der Waals surface area contributed by atoms with Gasteiger partial charge in [-0.15, -0.1) is 0 Å². The van der Waals surface area contributed by atoms with E-state index in [4.69, 9.17) is 9.47 Å². The molecule has 9 heteroatoms. The minimum Gasteiger partial charge on any atom is -0.394 e. The van der Waals surface area contributed by atoms with Gasteiger partial charge in [0.2, 0.25) is 5.91 Å². The van der Waals surface area contributed by atoms with Gasteiger partial charge in [-0.3, -0.25) is 4.79 Å². The summed E-state index contributed by atoms with van der Waals surface area (Å²) in [6, 6.07) is -0.817. The Morgan fingerprint density at radius 3 is 1.27 bits per heavy atom. The van der Waals surface area contributed by atoms with Gasteiger partial charge in [-0.05, 0) is 32.1 Å². The molecule has 1 aliphatic heterocycles. The van der Waals surface area contributed by atoms with Crippen LogP contribution in [0.2, 0.25) is 0 Å². The van der Waals surface area contributed by atoms with Crippen LogP contribution in [0.1, 0.15) is 277 Å². The molecular formula is C57H109NO8. The highest BCUT2D eigenvalue weighted by molar-refractivity contribution is 5.76. The highest BCUT2D eigenvalue weighted by Gasteiger charge is 2.44. The highest BCUT2D eigenvalue weighted by atomic mass is 16.7. The molecule has 0 saturated carbocycles. The Morgan fingerprint density at radius 1 is 0.500 bits per heavy atom. The fraction of sp³-hybridized carbons (Fsp3) is 0.912. The van der Waals surface area contributed by atoms with E-state index >= 15 is 0 Å². The second-order valence-electron chi connectivity index (χ2n) is 20.1.